The number of rotatable bonds is 8. The maximum absolute atomic E-state index is 12.0. The topological polar surface area (TPSA) is 110 Å². The van der Waals surface area contributed by atoms with Gasteiger partial charge in [-0.3, -0.25) is 14.9 Å². The fourth-order valence-electron chi connectivity index (χ4n) is 2.14. The molecular weight excluding hydrogens is 288 g/mol. The Bertz CT molecular complexity index is 571. The van der Waals surface area contributed by atoms with Crippen LogP contribution >= 0.6 is 0 Å². The molecular formula is C15H20N2O5. The van der Waals surface area contributed by atoms with Crippen LogP contribution in [0.15, 0.2) is 18.2 Å². The highest BCUT2D eigenvalue weighted by atomic mass is 16.6. The summed E-state index contributed by atoms with van der Waals surface area (Å²) >= 11 is 0. The van der Waals surface area contributed by atoms with E-state index >= 15 is 0 Å². The van der Waals surface area contributed by atoms with Gasteiger partial charge in [0.05, 0.1) is 11.3 Å². The Morgan fingerprint density at radius 1 is 1.41 bits per heavy atom. The van der Waals surface area contributed by atoms with E-state index in [2.05, 4.69) is 5.32 Å². The number of amides is 1. The van der Waals surface area contributed by atoms with Crippen molar-refractivity contribution < 1.29 is 19.6 Å². The molecule has 0 bridgehead atoms. The first kappa shape index (κ1) is 17.6. The number of nitro groups is 1. The van der Waals surface area contributed by atoms with Crippen LogP contribution in [-0.4, -0.2) is 27.9 Å². The van der Waals surface area contributed by atoms with Gasteiger partial charge in [0.2, 0.25) is 5.91 Å². The SMILES string of the molecule is CCCCC(NC(=O)Cc1cccc([N+](=O)[O-])c1C)C(=O)O. The van der Waals surface area contributed by atoms with Crippen molar-refractivity contribution >= 4 is 17.6 Å². The van der Waals surface area contributed by atoms with Gasteiger partial charge in [-0.25, -0.2) is 4.79 Å². The van der Waals surface area contributed by atoms with E-state index < -0.39 is 22.8 Å². The Labute approximate surface area is 128 Å². The van der Waals surface area contributed by atoms with Crippen LogP contribution in [-0.2, 0) is 16.0 Å². The van der Waals surface area contributed by atoms with E-state index in [1.165, 1.54) is 12.1 Å². The highest BCUT2D eigenvalue weighted by Gasteiger charge is 2.21. The summed E-state index contributed by atoms with van der Waals surface area (Å²) in [6.07, 6.45) is 1.83. The molecule has 0 fully saturated rings. The molecule has 1 amide bonds. The minimum absolute atomic E-state index is 0.0499. The van der Waals surface area contributed by atoms with Crippen molar-refractivity contribution in [2.24, 2.45) is 0 Å². The van der Waals surface area contributed by atoms with Crippen molar-refractivity contribution in [2.45, 2.75) is 45.6 Å². The van der Waals surface area contributed by atoms with Gasteiger partial charge in [-0.2, -0.15) is 0 Å². The highest BCUT2D eigenvalue weighted by molar-refractivity contribution is 5.85. The molecule has 1 aromatic rings. The second-order valence-electron chi connectivity index (χ2n) is 5.10. The van der Waals surface area contributed by atoms with Gasteiger partial charge in [0.1, 0.15) is 6.04 Å². The minimum atomic E-state index is -1.07. The van der Waals surface area contributed by atoms with Crippen LogP contribution in [0.3, 0.4) is 0 Å². The lowest BCUT2D eigenvalue weighted by molar-refractivity contribution is -0.385. The van der Waals surface area contributed by atoms with Crippen LogP contribution in [0.2, 0.25) is 0 Å². The predicted molar refractivity (Wildman–Crippen MR) is 80.6 cm³/mol. The van der Waals surface area contributed by atoms with Gasteiger partial charge in [0.15, 0.2) is 0 Å². The zero-order valence-corrected chi connectivity index (χ0v) is 12.7. The van der Waals surface area contributed by atoms with E-state index in [0.717, 1.165) is 6.42 Å². The molecule has 0 aliphatic carbocycles. The quantitative estimate of drug-likeness (QED) is 0.565. The Kier molecular flexibility index (Phi) is 6.49. The summed E-state index contributed by atoms with van der Waals surface area (Å²) in [5, 5.41) is 22.4. The first-order valence-corrected chi connectivity index (χ1v) is 7.11. The molecule has 0 spiro atoms. The molecule has 2 N–H and O–H groups in total. The van der Waals surface area contributed by atoms with Crippen LogP contribution in [0.4, 0.5) is 5.69 Å². The van der Waals surface area contributed by atoms with E-state index in [-0.39, 0.29) is 12.1 Å². The summed E-state index contributed by atoms with van der Waals surface area (Å²) in [5.74, 6) is -1.52. The zero-order valence-electron chi connectivity index (χ0n) is 12.7. The van der Waals surface area contributed by atoms with Crippen LogP contribution in [0.5, 0.6) is 0 Å². The number of carboxylic acids is 1. The number of benzene rings is 1. The van der Waals surface area contributed by atoms with Gasteiger partial charge < -0.3 is 10.4 Å². The van der Waals surface area contributed by atoms with E-state index in [1.807, 2.05) is 6.92 Å². The van der Waals surface area contributed by atoms with Crippen LogP contribution in [0.1, 0.15) is 37.3 Å². The number of carboxylic acid groups (broad SMARTS) is 1. The molecule has 0 saturated carbocycles. The average Bonchev–Trinajstić information content (AvgIpc) is 2.45. The molecule has 1 unspecified atom stereocenters. The zero-order chi connectivity index (χ0) is 16.7. The van der Waals surface area contributed by atoms with E-state index in [4.69, 9.17) is 5.11 Å². The minimum Gasteiger partial charge on any atom is -0.480 e. The van der Waals surface area contributed by atoms with Gasteiger partial charge in [-0.15, -0.1) is 0 Å². The molecule has 0 aliphatic heterocycles. The molecule has 0 heterocycles. The summed E-state index contributed by atoms with van der Waals surface area (Å²) < 4.78 is 0. The monoisotopic (exact) mass is 308 g/mol. The lowest BCUT2D eigenvalue weighted by Crippen LogP contribution is -2.41. The van der Waals surface area contributed by atoms with Crippen molar-refractivity contribution in [3.8, 4) is 0 Å². The normalized spacial score (nSPS) is 11.7. The number of carbonyl (C=O) groups is 2. The van der Waals surface area contributed by atoms with E-state index in [0.29, 0.717) is 24.0 Å². The van der Waals surface area contributed by atoms with Crippen LogP contribution in [0.25, 0.3) is 0 Å². The summed E-state index contributed by atoms with van der Waals surface area (Å²) in [5.41, 5.74) is 0.889. The number of nitrogens with zero attached hydrogens (tertiary/aromatic N) is 1. The molecule has 1 rings (SSSR count). The first-order chi connectivity index (χ1) is 10.4. The highest BCUT2D eigenvalue weighted by Crippen LogP contribution is 2.21. The van der Waals surface area contributed by atoms with Crippen LogP contribution in [0, 0.1) is 17.0 Å². The Morgan fingerprint density at radius 3 is 2.64 bits per heavy atom. The molecule has 0 radical (unpaired) electrons. The number of aliphatic carboxylic acids is 1. The van der Waals surface area contributed by atoms with Crippen molar-refractivity contribution in [1.29, 1.82) is 0 Å². The average molecular weight is 308 g/mol. The van der Waals surface area contributed by atoms with Gasteiger partial charge in [0.25, 0.3) is 5.69 Å². The maximum atomic E-state index is 12.0. The van der Waals surface area contributed by atoms with Gasteiger partial charge >= 0.3 is 5.97 Å². The number of hydrogen-bond donors (Lipinski definition) is 2. The number of nitrogens with one attached hydrogen (secondary N) is 1. The largest absolute Gasteiger partial charge is 0.480 e. The summed E-state index contributed by atoms with van der Waals surface area (Å²) in [7, 11) is 0. The molecule has 0 aromatic heterocycles. The van der Waals surface area contributed by atoms with Crippen LogP contribution < -0.4 is 5.32 Å². The third-order valence-corrected chi connectivity index (χ3v) is 3.44. The van der Waals surface area contributed by atoms with Crippen molar-refractivity contribution in [3.05, 3.63) is 39.4 Å². The maximum Gasteiger partial charge on any atom is 0.326 e. The smallest absolute Gasteiger partial charge is 0.326 e. The second-order valence-corrected chi connectivity index (χ2v) is 5.10. The number of carbonyl (C=O) groups excluding carboxylic acids is 1. The number of unbranched alkanes of at least 4 members (excludes halogenated alkanes) is 1. The predicted octanol–water partition coefficient (Wildman–Crippen LogP) is 2.21. The van der Waals surface area contributed by atoms with E-state index in [1.54, 1.807) is 13.0 Å². The molecule has 1 atom stereocenters. The van der Waals surface area contributed by atoms with Crippen molar-refractivity contribution in [3.63, 3.8) is 0 Å². The summed E-state index contributed by atoms with van der Waals surface area (Å²) in [4.78, 5) is 33.4. The standard InChI is InChI=1S/C15H20N2O5/c1-3-4-7-12(15(19)20)16-14(18)9-11-6-5-8-13(10(11)2)17(21)22/h5-6,8,12H,3-4,7,9H2,1-2H3,(H,16,18)(H,19,20). The molecule has 7 nitrogen and oxygen atoms in total. The fraction of sp³-hybridized carbons (Fsp3) is 0.467. The van der Waals surface area contributed by atoms with Gasteiger partial charge in [-0.05, 0) is 18.9 Å². The van der Waals surface area contributed by atoms with Gasteiger partial charge in [0, 0.05) is 11.6 Å². The molecule has 120 valence electrons. The third-order valence-electron chi connectivity index (χ3n) is 3.44. The summed E-state index contributed by atoms with van der Waals surface area (Å²) in [6, 6.07) is 3.59. The van der Waals surface area contributed by atoms with Gasteiger partial charge in [-0.1, -0.05) is 31.9 Å². The molecule has 0 saturated heterocycles. The number of hydrogen-bond acceptors (Lipinski definition) is 4. The first-order valence-electron chi connectivity index (χ1n) is 7.11. The van der Waals surface area contributed by atoms with Crippen molar-refractivity contribution in [1.82, 2.24) is 5.32 Å². The fourth-order valence-corrected chi connectivity index (χ4v) is 2.14. The lowest BCUT2D eigenvalue weighted by atomic mass is 10.0. The summed E-state index contributed by atoms with van der Waals surface area (Å²) in [6.45, 7) is 3.51. The molecule has 1 aromatic carbocycles. The lowest BCUT2D eigenvalue weighted by Gasteiger charge is -2.14. The van der Waals surface area contributed by atoms with E-state index in [9.17, 15) is 19.7 Å². The number of nitro benzene ring substituents is 1. The third kappa shape index (κ3) is 4.83. The Morgan fingerprint density at radius 2 is 2.09 bits per heavy atom. The Hall–Kier alpha value is -2.44. The molecule has 7 heteroatoms. The van der Waals surface area contributed by atoms with Crippen molar-refractivity contribution in [2.75, 3.05) is 0 Å². The molecule has 22 heavy (non-hydrogen) atoms. The Balaban J connectivity index is 2.78. The second kappa shape index (κ2) is 8.11. The molecule has 0 aliphatic rings.